The molecule has 0 radical (unpaired) electrons. The van der Waals surface area contributed by atoms with Gasteiger partial charge in [0.2, 0.25) is 0 Å². The second-order valence-electron chi connectivity index (χ2n) is 6.00. The Morgan fingerprint density at radius 3 is 1.88 bits per heavy atom. The highest BCUT2D eigenvalue weighted by molar-refractivity contribution is 9.10. The van der Waals surface area contributed by atoms with Gasteiger partial charge < -0.3 is 4.90 Å². The third-order valence-electron chi connectivity index (χ3n) is 4.33. The van der Waals surface area contributed by atoms with Crippen LogP contribution in [0.4, 0.5) is 17.1 Å². The molecule has 2 nitrogen and oxygen atoms in total. The summed E-state index contributed by atoms with van der Waals surface area (Å²) in [4.78, 5) is 2.19. The Labute approximate surface area is 161 Å². The molecule has 0 aliphatic carbocycles. The molecule has 0 N–H and O–H groups in total. The lowest BCUT2D eigenvalue weighted by atomic mass is 10.1. The van der Waals surface area contributed by atoms with Crippen LogP contribution in [0.2, 0.25) is 0 Å². The van der Waals surface area contributed by atoms with Crippen molar-refractivity contribution in [2.75, 3.05) is 4.90 Å². The van der Waals surface area contributed by atoms with Gasteiger partial charge in [-0.2, -0.15) is 5.26 Å². The largest absolute Gasteiger partial charge is 0.310 e. The molecule has 0 saturated heterocycles. The minimum atomic E-state index is 0.656. The van der Waals surface area contributed by atoms with Crippen LogP contribution in [0.3, 0.4) is 0 Å². The van der Waals surface area contributed by atoms with Gasteiger partial charge in [0.1, 0.15) is 0 Å². The lowest BCUT2D eigenvalue weighted by Gasteiger charge is -2.26. The molecule has 26 heavy (non-hydrogen) atoms. The Morgan fingerprint density at radius 2 is 1.23 bits per heavy atom. The fourth-order valence-corrected chi connectivity index (χ4v) is 3.30. The summed E-state index contributed by atoms with van der Waals surface area (Å²) in [5.41, 5.74) is 3.81. The quantitative estimate of drug-likeness (QED) is 0.373. The molecule has 0 aromatic heterocycles. The SMILES string of the molecule is N#Cc1ccc(N(c2ccc(Br)cc2)c2ccc3ccccc3c2)cc1. The van der Waals surface area contributed by atoms with E-state index in [1.807, 2.05) is 36.4 Å². The Hall–Kier alpha value is -3.09. The van der Waals surface area contributed by atoms with Gasteiger partial charge in [-0.3, -0.25) is 0 Å². The molecule has 4 aromatic carbocycles. The van der Waals surface area contributed by atoms with E-state index >= 15 is 0 Å². The highest BCUT2D eigenvalue weighted by Crippen LogP contribution is 2.36. The number of halogens is 1. The highest BCUT2D eigenvalue weighted by atomic mass is 79.9. The summed E-state index contributed by atoms with van der Waals surface area (Å²) in [6.45, 7) is 0. The summed E-state index contributed by atoms with van der Waals surface area (Å²) in [5.74, 6) is 0. The molecule has 0 unspecified atom stereocenters. The van der Waals surface area contributed by atoms with E-state index in [1.165, 1.54) is 10.8 Å². The highest BCUT2D eigenvalue weighted by Gasteiger charge is 2.13. The fraction of sp³-hybridized carbons (Fsp3) is 0. The average Bonchev–Trinajstić information content (AvgIpc) is 2.70. The van der Waals surface area contributed by atoms with E-state index in [0.717, 1.165) is 21.5 Å². The van der Waals surface area contributed by atoms with Crippen LogP contribution in [-0.4, -0.2) is 0 Å². The predicted octanol–water partition coefficient (Wildman–Crippen LogP) is 6.94. The number of fused-ring (bicyclic) bond motifs is 1. The first-order valence-corrected chi connectivity index (χ1v) is 9.08. The average molecular weight is 399 g/mol. The summed E-state index contributed by atoms with van der Waals surface area (Å²) in [5, 5.41) is 11.5. The molecule has 0 aliphatic heterocycles. The van der Waals surface area contributed by atoms with E-state index in [0.29, 0.717) is 5.56 Å². The monoisotopic (exact) mass is 398 g/mol. The van der Waals surface area contributed by atoms with E-state index in [9.17, 15) is 0 Å². The van der Waals surface area contributed by atoms with E-state index in [-0.39, 0.29) is 0 Å². The van der Waals surface area contributed by atoms with Gasteiger partial charge in [-0.25, -0.2) is 0 Å². The zero-order valence-electron chi connectivity index (χ0n) is 13.9. The van der Waals surface area contributed by atoms with E-state index in [1.54, 1.807) is 0 Å². The Bertz CT molecular complexity index is 1090. The van der Waals surface area contributed by atoms with Gasteiger partial charge >= 0.3 is 0 Å². The molecule has 0 bridgehead atoms. The van der Waals surface area contributed by atoms with Gasteiger partial charge in [0.05, 0.1) is 11.6 Å². The third kappa shape index (κ3) is 3.20. The number of hydrogen-bond acceptors (Lipinski definition) is 2. The summed E-state index contributed by atoms with van der Waals surface area (Å²) in [6.07, 6.45) is 0. The van der Waals surface area contributed by atoms with Crippen molar-refractivity contribution in [1.29, 1.82) is 5.26 Å². The molecule has 0 atom stereocenters. The minimum absolute atomic E-state index is 0.656. The van der Waals surface area contributed by atoms with Crippen LogP contribution >= 0.6 is 15.9 Å². The van der Waals surface area contributed by atoms with E-state index < -0.39 is 0 Å². The number of nitriles is 1. The Balaban J connectivity index is 1.88. The van der Waals surface area contributed by atoms with Crippen LogP contribution < -0.4 is 4.90 Å². The minimum Gasteiger partial charge on any atom is -0.310 e. The first-order chi connectivity index (χ1) is 12.7. The van der Waals surface area contributed by atoms with Gasteiger partial charge in [0.25, 0.3) is 0 Å². The fourth-order valence-electron chi connectivity index (χ4n) is 3.04. The van der Waals surface area contributed by atoms with Gasteiger partial charge in [-0.15, -0.1) is 0 Å². The molecular weight excluding hydrogens is 384 g/mol. The molecule has 0 aliphatic rings. The van der Waals surface area contributed by atoms with Crippen LogP contribution in [0.25, 0.3) is 10.8 Å². The van der Waals surface area contributed by atoms with Crippen LogP contribution in [0.1, 0.15) is 5.56 Å². The van der Waals surface area contributed by atoms with Crippen LogP contribution in [-0.2, 0) is 0 Å². The third-order valence-corrected chi connectivity index (χ3v) is 4.86. The van der Waals surface area contributed by atoms with Crippen molar-refractivity contribution in [3.05, 3.63) is 101 Å². The maximum absolute atomic E-state index is 9.08. The summed E-state index contributed by atoms with van der Waals surface area (Å²) in [7, 11) is 0. The van der Waals surface area contributed by atoms with Crippen molar-refractivity contribution < 1.29 is 0 Å². The molecule has 0 fully saturated rings. The molecule has 0 spiro atoms. The smallest absolute Gasteiger partial charge is 0.0991 e. The number of rotatable bonds is 3. The number of anilines is 3. The Morgan fingerprint density at radius 1 is 0.654 bits per heavy atom. The molecule has 3 heteroatoms. The van der Waals surface area contributed by atoms with Crippen LogP contribution in [0.15, 0.2) is 95.5 Å². The molecule has 4 aromatic rings. The first kappa shape index (κ1) is 16.4. The van der Waals surface area contributed by atoms with E-state index in [2.05, 4.69) is 81.5 Å². The molecule has 0 heterocycles. The summed E-state index contributed by atoms with van der Waals surface area (Å²) < 4.78 is 1.04. The van der Waals surface area contributed by atoms with Crippen molar-refractivity contribution in [2.45, 2.75) is 0 Å². The topological polar surface area (TPSA) is 27.0 Å². The van der Waals surface area contributed by atoms with Crippen molar-refractivity contribution in [3.8, 4) is 6.07 Å². The van der Waals surface area contributed by atoms with Crippen LogP contribution in [0.5, 0.6) is 0 Å². The molecular formula is C23H15BrN2. The van der Waals surface area contributed by atoms with Crippen molar-refractivity contribution in [1.82, 2.24) is 0 Å². The zero-order valence-corrected chi connectivity index (χ0v) is 15.5. The van der Waals surface area contributed by atoms with Crippen molar-refractivity contribution >= 4 is 43.8 Å². The molecule has 124 valence electrons. The zero-order chi connectivity index (χ0) is 17.9. The van der Waals surface area contributed by atoms with Crippen molar-refractivity contribution in [2.24, 2.45) is 0 Å². The second-order valence-corrected chi connectivity index (χ2v) is 6.92. The Kier molecular flexibility index (Phi) is 4.43. The maximum Gasteiger partial charge on any atom is 0.0991 e. The van der Waals surface area contributed by atoms with E-state index in [4.69, 9.17) is 5.26 Å². The summed E-state index contributed by atoms with van der Waals surface area (Å²) in [6, 6.07) is 32.9. The predicted molar refractivity (Wildman–Crippen MR) is 111 cm³/mol. The maximum atomic E-state index is 9.08. The second kappa shape index (κ2) is 7.03. The van der Waals surface area contributed by atoms with Crippen LogP contribution in [0, 0.1) is 11.3 Å². The van der Waals surface area contributed by atoms with Gasteiger partial charge in [0.15, 0.2) is 0 Å². The number of hydrogen-bond donors (Lipinski definition) is 0. The van der Waals surface area contributed by atoms with Gasteiger partial charge in [0, 0.05) is 21.5 Å². The van der Waals surface area contributed by atoms with Gasteiger partial charge in [-0.05, 0) is 71.4 Å². The lowest BCUT2D eigenvalue weighted by molar-refractivity contribution is 1.28. The molecule has 0 saturated carbocycles. The summed E-state index contributed by atoms with van der Waals surface area (Å²) >= 11 is 3.50. The molecule has 0 amide bonds. The van der Waals surface area contributed by atoms with Gasteiger partial charge in [-0.1, -0.05) is 46.3 Å². The standard InChI is InChI=1S/C23H15BrN2/c24-20-8-13-22(14-9-20)26(21-10-5-17(16-25)6-11-21)23-12-7-18-3-1-2-4-19(18)15-23/h1-15H. The van der Waals surface area contributed by atoms with Crippen molar-refractivity contribution in [3.63, 3.8) is 0 Å². The lowest BCUT2D eigenvalue weighted by Crippen LogP contribution is -2.09. The number of nitrogens with zero attached hydrogens (tertiary/aromatic N) is 2. The molecule has 4 rings (SSSR count). The normalized spacial score (nSPS) is 10.5. The number of benzene rings is 4. The first-order valence-electron chi connectivity index (χ1n) is 8.29.